The monoisotopic (exact) mass is 313 g/mol. The molecule has 2 aromatic rings. The number of fused-ring (bicyclic) bond motifs is 1. The average Bonchev–Trinajstić information content (AvgIpc) is 2.74. The van der Waals surface area contributed by atoms with E-state index in [0.717, 1.165) is 17.4 Å². The third-order valence-electron chi connectivity index (χ3n) is 2.75. The maximum absolute atomic E-state index is 12.6. The van der Waals surface area contributed by atoms with Gasteiger partial charge in [-0.2, -0.15) is 13.2 Å². The summed E-state index contributed by atoms with van der Waals surface area (Å²) in [6.45, 7) is 0.0771. The van der Waals surface area contributed by atoms with Crippen LogP contribution in [-0.4, -0.2) is 29.4 Å². The SMILES string of the molecule is C#CCN(C)C(=O)c1sc2nc(C(F)(F)F)ccc2c1N. The number of pyridine rings is 1. The standard InChI is InChI=1S/C13H10F3N3OS/c1-3-6-19(2)12(20)10-9(17)7-4-5-8(13(14,15)16)18-11(7)21-10/h1,4-5H,6,17H2,2H3. The Hall–Kier alpha value is -2.27. The molecule has 0 saturated heterocycles. The first-order chi connectivity index (χ1) is 9.75. The van der Waals surface area contributed by atoms with Gasteiger partial charge in [-0.3, -0.25) is 4.79 Å². The van der Waals surface area contributed by atoms with Gasteiger partial charge in [-0.25, -0.2) is 4.98 Å². The number of carbonyl (C=O) groups excluding carboxylic acids is 1. The van der Waals surface area contributed by atoms with E-state index in [-0.39, 0.29) is 21.9 Å². The summed E-state index contributed by atoms with van der Waals surface area (Å²) in [5.41, 5.74) is 4.92. The number of aromatic nitrogens is 1. The lowest BCUT2D eigenvalue weighted by Gasteiger charge is -2.12. The molecule has 0 radical (unpaired) electrons. The number of hydrogen-bond acceptors (Lipinski definition) is 4. The highest BCUT2D eigenvalue weighted by Crippen LogP contribution is 2.36. The zero-order chi connectivity index (χ0) is 15.8. The number of amides is 1. The first-order valence-corrected chi connectivity index (χ1v) is 6.52. The predicted octanol–water partition coefficient (Wildman–Crippen LogP) is 2.60. The highest BCUT2D eigenvalue weighted by atomic mass is 32.1. The molecule has 110 valence electrons. The van der Waals surface area contributed by atoms with E-state index in [1.807, 2.05) is 0 Å². The molecule has 21 heavy (non-hydrogen) atoms. The van der Waals surface area contributed by atoms with Crippen molar-refractivity contribution in [2.45, 2.75) is 6.18 Å². The van der Waals surface area contributed by atoms with Crippen molar-refractivity contribution in [1.82, 2.24) is 9.88 Å². The van der Waals surface area contributed by atoms with Gasteiger partial charge in [-0.15, -0.1) is 17.8 Å². The molecule has 2 rings (SSSR count). The molecule has 0 aromatic carbocycles. The highest BCUT2D eigenvalue weighted by molar-refractivity contribution is 7.21. The predicted molar refractivity (Wildman–Crippen MR) is 74.8 cm³/mol. The number of nitrogens with two attached hydrogens (primary N) is 1. The molecule has 0 unspecified atom stereocenters. The largest absolute Gasteiger partial charge is 0.433 e. The quantitative estimate of drug-likeness (QED) is 0.867. The number of hydrogen-bond donors (Lipinski definition) is 1. The zero-order valence-electron chi connectivity index (χ0n) is 10.9. The summed E-state index contributed by atoms with van der Waals surface area (Å²) in [6.07, 6.45) is 0.573. The Bertz CT molecular complexity index is 745. The molecule has 0 saturated carbocycles. The van der Waals surface area contributed by atoms with Gasteiger partial charge in [0.05, 0.1) is 12.2 Å². The summed E-state index contributed by atoms with van der Waals surface area (Å²) < 4.78 is 37.9. The molecule has 8 heteroatoms. The fraction of sp³-hybridized carbons (Fsp3) is 0.231. The summed E-state index contributed by atoms with van der Waals surface area (Å²) in [4.78, 5) is 17.1. The second-order valence-electron chi connectivity index (χ2n) is 4.26. The van der Waals surface area contributed by atoms with Crippen LogP contribution < -0.4 is 5.73 Å². The van der Waals surface area contributed by atoms with Gasteiger partial charge in [0.15, 0.2) is 0 Å². The number of carbonyl (C=O) groups is 1. The molecule has 2 N–H and O–H groups in total. The maximum atomic E-state index is 12.6. The van der Waals surface area contributed by atoms with Crippen LogP contribution in [0.25, 0.3) is 10.2 Å². The Kier molecular flexibility index (Phi) is 3.78. The number of anilines is 1. The molecular formula is C13H10F3N3OS. The van der Waals surface area contributed by atoms with Crippen molar-refractivity contribution in [2.24, 2.45) is 0 Å². The summed E-state index contributed by atoms with van der Waals surface area (Å²) >= 11 is 0.821. The average molecular weight is 313 g/mol. The molecule has 0 aliphatic rings. The van der Waals surface area contributed by atoms with Gasteiger partial charge in [-0.05, 0) is 12.1 Å². The number of halogens is 3. The van der Waals surface area contributed by atoms with Crippen LogP contribution in [0, 0.1) is 12.3 Å². The molecule has 2 heterocycles. The van der Waals surface area contributed by atoms with Crippen LogP contribution in [-0.2, 0) is 6.18 Å². The van der Waals surface area contributed by atoms with Crippen LogP contribution in [0.1, 0.15) is 15.4 Å². The van der Waals surface area contributed by atoms with Crippen molar-refractivity contribution >= 4 is 33.1 Å². The van der Waals surface area contributed by atoms with Crippen molar-refractivity contribution in [3.8, 4) is 12.3 Å². The Labute approximate surface area is 122 Å². The van der Waals surface area contributed by atoms with Crippen LogP contribution in [0.2, 0.25) is 0 Å². The fourth-order valence-corrected chi connectivity index (χ4v) is 2.78. The fourth-order valence-electron chi connectivity index (χ4n) is 1.70. The van der Waals surface area contributed by atoms with Crippen molar-refractivity contribution < 1.29 is 18.0 Å². The van der Waals surface area contributed by atoms with Crippen molar-refractivity contribution in [1.29, 1.82) is 0 Å². The van der Waals surface area contributed by atoms with Gasteiger partial charge in [-0.1, -0.05) is 5.92 Å². The first-order valence-electron chi connectivity index (χ1n) is 5.71. The van der Waals surface area contributed by atoms with Gasteiger partial charge >= 0.3 is 6.18 Å². The molecule has 0 atom stereocenters. The topological polar surface area (TPSA) is 59.2 Å². The van der Waals surface area contributed by atoms with E-state index in [4.69, 9.17) is 12.2 Å². The van der Waals surface area contributed by atoms with Crippen molar-refractivity contribution in [3.63, 3.8) is 0 Å². The van der Waals surface area contributed by atoms with Gasteiger partial charge in [0.25, 0.3) is 5.91 Å². The van der Waals surface area contributed by atoms with Gasteiger partial charge in [0, 0.05) is 12.4 Å². The molecule has 0 spiro atoms. The molecule has 4 nitrogen and oxygen atoms in total. The van der Waals surface area contributed by atoms with Gasteiger partial charge < -0.3 is 10.6 Å². The number of rotatable bonds is 2. The number of thiophene rings is 1. The molecule has 1 amide bonds. The van der Waals surface area contributed by atoms with E-state index in [1.165, 1.54) is 18.0 Å². The lowest BCUT2D eigenvalue weighted by Crippen LogP contribution is -2.26. The van der Waals surface area contributed by atoms with Crippen LogP contribution in [0.3, 0.4) is 0 Å². The smallest absolute Gasteiger partial charge is 0.397 e. The van der Waals surface area contributed by atoms with Crippen molar-refractivity contribution in [2.75, 3.05) is 19.3 Å². The van der Waals surface area contributed by atoms with E-state index in [9.17, 15) is 18.0 Å². The second kappa shape index (κ2) is 5.26. The molecule has 0 aliphatic carbocycles. The van der Waals surface area contributed by atoms with Gasteiger partial charge in [0.2, 0.25) is 0 Å². The minimum atomic E-state index is -4.54. The zero-order valence-corrected chi connectivity index (χ0v) is 11.7. The third-order valence-corrected chi connectivity index (χ3v) is 3.86. The molecule has 0 aliphatic heterocycles. The third kappa shape index (κ3) is 2.78. The van der Waals surface area contributed by atoms with E-state index < -0.39 is 17.8 Å². The minimum absolute atomic E-state index is 0.0692. The van der Waals surface area contributed by atoms with E-state index in [1.54, 1.807) is 0 Å². The highest BCUT2D eigenvalue weighted by Gasteiger charge is 2.33. The summed E-state index contributed by atoms with van der Waals surface area (Å²) in [6, 6.07) is 2.06. The van der Waals surface area contributed by atoms with Crippen LogP contribution in [0.15, 0.2) is 12.1 Å². The summed E-state index contributed by atoms with van der Waals surface area (Å²) in [7, 11) is 1.49. The summed E-state index contributed by atoms with van der Waals surface area (Å²) in [5, 5.41) is 0.324. The molecule has 0 fully saturated rings. The Balaban J connectivity index is 2.51. The molecule has 0 bridgehead atoms. The normalized spacial score (nSPS) is 11.4. The molecule has 2 aromatic heterocycles. The minimum Gasteiger partial charge on any atom is -0.397 e. The summed E-state index contributed by atoms with van der Waals surface area (Å²) in [5.74, 6) is 1.86. The number of nitrogens with zero attached hydrogens (tertiary/aromatic N) is 2. The molecular weight excluding hydrogens is 303 g/mol. The lowest BCUT2D eigenvalue weighted by molar-refractivity contribution is -0.140. The van der Waals surface area contributed by atoms with E-state index in [2.05, 4.69) is 10.9 Å². The Morgan fingerprint density at radius 3 is 2.76 bits per heavy atom. The van der Waals surface area contributed by atoms with E-state index >= 15 is 0 Å². The number of alkyl halides is 3. The Morgan fingerprint density at radius 2 is 2.19 bits per heavy atom. The van der Waals surface area contributed by atoms with Gasteiger partial charge in [0.1, 0.15) is 15.4 Å². The van der Waals surface area contributed by atoms with Crippen LogP contribution in [0.4, 0.5) is 18.9 Å². The Morgan fingerprint density at radius 1 is 1.52 bits per heavy atom. The number of terminal acetylenes is 1. The van der Waals surface area contributed by atoms with E-state index in [0.29, 0.717) is 5.39 Å². The second-order valence-corrected chi connectivity index (χ2v) is 5.26. The lowest BCUT2D eigenvalue weighted by atomic mass is 10.2. The van der Waals surface area contributed by atoms with Crippen LogP contribution >= 0.6 is 11.3 Å². The van der Waals surface area contributed by atoms with Crippen LogP contribution in [0.5, 0.6) is 0 Å². The first kappa shape index (κ1) is 15.1. The van der Waals surface area contributed by atoms with Crippen molar-refractivity contribution in [3.05, 3.63) is 22.7 Å². The maximum Gasteiger partial charge on any atom is 0.433 e. The number of nitrogen functional groups attached to an aromatic ring is 1.